The summed E-state index contributed by atoms with van der Waals surface area (Å²) in [4.78, 5) is 13.7. The van der Waals surface area contributed by atoms with E-state index in [4.69, 9.17) is 0 Å². The fourth-order valence-electron chi connectivity index (χ4n) is 2.77. The van der Waals surface area contributed by atoms with Crippen LogP contribution in [0.3, 0.4) is 0 Å². The fourth-order valence-corrected chi connectivity index (χ4v) is 5.09. The molecule has 152 valence electrons. The standard InChI is InChI=1S/C18H28N2O5S2/c1-5-26(22,23)16-12-20(13-16)17(21)10-11-19-27(24,25)15-8-6-14(7-9-15)18(2,3)4/h6-9,16,19H,5,10-13H2,1-4H3. The second-order valence-corrected chi connectivity index (χ2v) is 12.1. The van der Waals surface area contributed by atoms with E-state index in [2.05, 4.69) is 4.72 Å². The number of likely N-dealkylation sites (tertiary alicyclic amines) is 1. The van der Waals surface area contributed by atoms with Gasteiger partial charge in [0.05, 0.1) is 10.1 Å². The van der Waals surface area contributed by atoms with Gasteiger partial charge >= 0.3 is 0 Å². The zero-order valence-corrected chi connectivity index (χ0v) is 17.9. The number of sulfone groups is 1. The van der Waals surface area contributed by atoms with Crippen LogP contribution in [0.15, 0.2) is 29.2 Å². The van der Waals surface area contributed by atoms with E-state index in [1.807, 2.05) is 20.8 Å². The van der Waals surface area contributed by atoms with Crippen LogP contribution in [-0.2, 0) is 30.1 Å². The maximum Gasteiger partial charge on any atom is 0.240 e. The smallest absolute Gasteiger partial charge is 0.240 e. The van der Waals surface area contributed by atoms with Crippen LogP contribution in [0.2, 0.25) is 0 Å². The van der Waals surface area contributed by atoms with Gasteiger partial charge in [0.25, 0.3) is 0 Å². The molecule has 9 heteroatoms. The quantitative estimate of drug-likeness (QED) is 0.722. The van der Waals surface area contributed by atoms with Gasteiger partial charge in [-0.05, 0) is 23.1 Å². The molecular weight excluding hydrogens is 388 g/mol. The van der Waals surface area contributed by atoms with Gasteiger partial charge in [-0.1, -0.05) is 39.8 Å². The van der Waals surface area contributed by atoms with Crippen LogP contribution < -0.4 is 4.72 Å². The Morgan fingerprint density at radius 2 is 1.67 bits per heavy atom. The lowest BCUT2D eigenvalue weighted by atomic mass is 9.87. The number of carbonyl (C=O) groups is 1. The highest BCUT2D eigenvalue weighted by Gasteiger charge is 2.38. The van der Waals surface area contributed by atoms with Crippen molar-refractivity contribution < 1.29 is 21.6 Å². The average molecular weight is 417 g/mol. The van der Waals surface area contributed by atoms with E-state index >= 15 is 0 Å². The molecule has 1 heterocycles. The first kappa shape index (κ1) is 21.8. The summed E-state index contributed by atoms with van der Waals surface area (Å²) >= 11 is 0. The zero-order chi connectivity index (χ0) is 20.5. The van der Waals surface area contributed by atoms with E-state index in [0.717, 1.165) is 5.56 Å². The molecule has 0 saturated carbocycles. The number of amides is 1. The molecule has 0 atom stereocenters. The average Bonchev–Trinajstić information content (AvgIpc) is 2.52. The number of benzene rings is 1. The number of sulfonamides is 1. The van der Waals surface area contributed by atoms with Crippen LogP contribution in [0.1, 0.15) is 39.7 Å². The van der Waals surface area contributed by atoms with E-state index in [1.165, 1.54) is 4.90 Å². The zero-order valence-electron chi connectivity index (χ0n) is 16.2. The van der Waals surface area contributed by atoms with Crippen molar-refractivity contribution >= 4 is 25.8 Å². The first-order valence-electron chi connectivity index (χ1n) is 8.96. The molecule has 1 amide bonds. The molecule has 2 rings (SSSR count). The number of hydrogen-bond acceptors (Lipinski definition) is 5. The summed E-state index contributed by atoms with van der Waals surface area (Å²) < 4.78 is 50.5. The van der Waals surface area contributed by atoms with E-state index in [9.17, 15) is 21.6 Å². The van der Waals surface area contributed by atoms with Crippen LogP contribution in [0.5, 0.6) is 0 Å². The number of nitrogens with zero attached hydrogens (tertiary/aromatic N) is 1. The van der Waals surface area contributed by atoms with Crippen molar-refractivity contribution in [3.8, 4) is 0 Å². The normalized spacial score (nSPS) is 16.2. The van der Waals surface area contributed by atoms with Crippen molar-refractivity contribution in [3.05, 3.63) is 29.8 Å². The molecular formula is C18H28N2O5S2. The third kappa shape index (κ3) is 5.30. The second kappa shape index (κ2) is 7.89. The third-order valence-electron chi connectivity index (χ3n) is 4.77. The van der Waals surface area contributed by atoms with Crippen molar-refractivity contribution in [2.45, 2.75) is 49.7 Å². The Hall–Kier alpha value is -1.45. The van der Waals surface area contributed by atoms with Crippen molar-refractivity contribution in [2.75, 3.05) is 25.4 Å². The Labute approximate surface area is 162 Å². The van der Waals surface area contributed by atoms with Crippen LogP contribution in [0, 0.1) is 0 Å². The highest BCUT2D eigenvalue weighted by atomic mass is 32.2. The Morgan fingerprint density at radius 1 is 1.11 bits per heavy atom. The number of nitrogens with one attached hydrogen (secondary N) is 1. The van der Waals surface area contributed by atoms with Crippen LogP contribution in [-0.4, -0.2) is 58.3 Å². The first-order chi connectivity index (χ1) is 12.4. The molecule has 1 aromatic rings. The van der Waals surface area contributed by atoms with Gasteiger partial charge in [0.1, 0.15) is 0 Å². The summed E-state index contributed by atoms with van der Waals surface area (Å²) in [6, 6.07) is 6.68. The Balaban J connectivity index is 1.85. The molecule has 1 aliphatic rings. The molecule has 1 fully saturated rings. The molecule has 7 nitrogen and oxygen atoms in total. The van der Waals surface area contributed by atoms with Gasteiger partial charge in [-0.3, -0.25) is 4.79 Å². The highest BCUT2D eigenvalue weighted by molar-refractivity contribution is 7.92. The fraction of sp³-hybridized carbons (Fsp3) is 0.611. The Bertz CT molecular complexity index is 879. The lowest BCUT2D eigenvalue weighted by Crippen LogP contribution is -2.57. The highest BCUT2D eigenvalue weighted by Crippen LogP contribution is 2.23. The molecule has 1 aromatic carbocycles. The lowest BCUT2D eigenvalue weighted by Gasteiger charge is -2.38. The van der Waals surface area contributed by atoms with Gasteiger partial charge < -0.3 is 4.90 Å². The van der Waals surface area contributed by atoms with Gasteiger partial charge in [0.15, 0.2) is 9.84 Å². The summed E-state index contributed by atoms with van der Waals surface area (Å²) in [5, 5.41) is -0.496. The van der Waals surface area contributed by atoms with Gasteiger partial charge in [-0.2, -0.15) is 0 Å². The number of hydrogen-bond donors (Lipinski definition) is 1. The van der Waals surface area contributed by atoms with Crippen molar-refractivity contribution in [1.29, 1.82) is 0 Å². The van der Waals surface area contributed by atoms with Crippen molar-refractivity contribution in [1.82, 2.24) is 9.62 Å². The summed E-state index contributed by atoms with van der Waals surface area (Å²) in [5.74, 6) is -0.184. The lowest BCUT2D eigenvalue weighted by molar-refractivity contribution is -0.134. The molecule has 0 bridgehead atoms. The topological polar surface area (TPSA) is 101 Å². The van der Waals surface area contributed by atoms with Gasteiger partial charge in [0, 0.05) is 31.8 Å². The number of rotatable bonds is 7. The predicted molar refractivity (Wildman–Crippen MR) is 105 cm³/mol. The summed E-state index contributed by atoms with van der Waals surface area (Å²) in [5.41, 5.74) is 0.966. The predicted octanol–water partition coefficient (Wildman–Crippen LogP) is 1.30. The SMILES string of the molecule is CCS(=O)(=O)C1CN(C(=O)CCNS(=O)(=O)c2ccc(C(C)(C)C)cc2)C1. The molecule has 1 aliphatic heterocycles. The molecule has 27 heavy (non-hydrogen) atoms. The van der Waals surface area contributed by atoms with E-state index in [0.29, 0.717) is 0 Å². The first-order valence-corrected chi connectivity index (χ1v) is 12.2. The number of carbonyl (C=O) groups excluding carboxylic acids is 1. The molecule has 0 aliphatic carbocycles. The molecule has 1 N–H and O–H groups in total. The third-order valence-corrected chi connectivity index (χ3v) is 8.37. The minimum atomic E-state index is -3.69. The van der Waals surface area contributed by atoms with E-state index in [1.54, 1.807) is 31.2 Å². The monoisotopic (exact) mass is 416 g/mol. The molecule has 0 unspecified atom stereocenters. The van der Waals surface area contributed by atoms with E-state index < -0.39 is 25.1 Å². The Kier molecular flexibility index (Phi) is 6.38. The minimum absolute atomic E-state index is 0.00179. The maximum atomic E-state index is 12.3. The van der Waals surface area contributed by atoms with Gasteiger partial charge in [0.2, 0.25) is 15.9 Å². The summed E-state index contributed by atoms with van der Waals surface area (Å²) in [6.45, 7) is 8.09. The molecule has 0 aromatic heterocycles. The second-order valence-electron chi connectivity index (χ2n) is 7.79. The molecule has 0 radical (unpaired) electrons. The summed E-state index contributed by atoms with van der Waals surface area (Å²) in [7, 11) is -6.81. The van der Waals surface area contributed by atoms with E-state index in [-0.39, 0.29) is 48.0 Å². The van der Waals surface area contributed by atoms with Crippen molar-refractivity contribution in [3.63, 3.8) is 0 Å². The molecule has 1 saturated heterocycles. The van der Waals surface area contributed by atoms with Crippen LogP contribution >= 0.6 is 0 Å². The molecule has 0 spiro atoms. The van der Waals surface area contributed by atoms with Gasteiger partial charge in [-0.15, -0.1) is 0 Å². The largest absolute Gasteiger partial charge is 0.340 e. The maximum absolute atomic E-state index is 12.3. The van der Waals surface area contributed by atoms with Gasteiger partial charge in [-0.25, -0.2) is 21.6 Å². The minimum Gasteiger partial charge on any atom is -0.340 e. The van der Waals surface area contributed by atoms with Crippen LogP contribution in [0.4, 0.5) is 0 Å². The van der Waals surface area contributed by atoms with Crippen LogP contribution in [0.25, 0.3) is 0 Å². The van der Waals surface area contributed by atoms with Crippen molar-refractivity contribution in [2.24, 2.45) is 0 Å². The Morgan fingerprint density at radius 3 is 2.15 bits per heavy atom. The summed E-state index contributed by atoms with van der Waals surface area (Å²) in [6.07, 6.45) is -0.00179.